The number of H-pyrrole nitrogens is 1. The van der Waals surface area contributed by atoms with Crippen LogP contribution in [0.3, 0.4) is 0 Å². The molecule has 2 aromatic carbocycles. The van der Waals surface area contributed by atoms with Crippen molar-refractivity contribution >= 4 is 29.1 Å². The van der Waals surface area contributed by atoms with Crippen molar-refractivity contribution in [3.63, 3.8) is 0 Å². The molecule has 6 nitrogen and oxygen atoms in total. The molecule has 7 heteroatoms. The van der Waals surface area contributed by atoms with Crippen molar-refractivity contribution in [3.05, 3.63) is 92.9 Å². The number of hydrogen-bond acceptors (Lipinski definition) is 6. The largest absolute Gasteiger partial charge is 0.378 e. The minimum atomic E-state index is -0.412. The molecular weight excluding hydrogens is 432 g/mol. The maximum atomic E-state index is 13.3. The molecule has 0 amide bonds. The number of fused-ring (bicyclic) bond motifs is 1. The van der Waals surface area contributed by atoms with Crippen LogP contribution in [0.1, 0.15) is 41.9 Å². The molecule has 0 spiro atoms. The lowest BCUT2D eigenvalue weighted by molar-refractivity contribution is -0.116. The van der Waals surface area contributed by atoms with Crippen molar-refractivity contribution in [1.82, 2.24) is 9.97 Å². The molecule has 5 rings (SSSR count). The van der Waals surface area contributed by atoms with E-state index in [1.807, 2.05) is 61.5 Å². The number of Topliss-reactive ketones (excluding diaryl/α,β-unsaturated/α-hetero) is 1. The number of nitrogens with zero attached hydrogens (tertiary/aromatic N) is 2. The monoisotopic (exact) mass is 458 g/mol. The zero-order chi connectivity index (χ0) is 22.9. The highest BCUT2D eigenvalue weighted by molar-refractivity contribution is 7.98. The lowest BCUT2D eigenvalue weighted by Gasteiger charge is -2.33. The second-order valence-electron chi connectivity index (χ2n) is 8.62. The van der Waals surface area contributed by atoms with Crippen LogP contribution in [0.25, 0.3) is 0 Å². The van der Waals surface area contributed by atoms with E-state index in [1.165, 1.54) is 11.8 Å². The summed E-state index contributed by atoms with van der Waals surface area (Å²) in [5, 5.41) is 3.92. The molecule has 0 bridgehead atoms. The molecule has 168 valence electrons. The minimum absolute atomic E-state index is 0.109. The van der Waals surface area contributed by atoms with Crippen LogP contribution < -0.4 is 15.8 Å². The predicted octanol–water partition coefficient (Wildman–Crippen LogP) is 4.69. The van der Waals surface area contributed by atoms with E-state index in [9.17, 15) is 9.59 Å². The van der Waals surface area contributed by atoms with Gasteiger partial charge in [0, 0.05) is 49.1 Å². The number of hydrogen-bond donors (Lipinski definition) is 2. The normalized spacial score (nSPS) is 17.3. The first-order valence-electron chi connectivity index (χ1n) is 11.1. The number of ketones is 1. The number of allylic oxidation sites excluding steroid dienone is 2. The molecule has 0 saturated heterocycles. The van der Waals surface area contributed by atoms with Crippen molar-refractivity contribution in [3.8, 4) is 0 Å². The standard InChI is InChI=1S/C26H26N4O2S/c1-30(2)18-13-11-17(12-14-18)21-22-19(9-6-10-20(22)31)27-24-23(21)25(32)29-26(28-24)33-15-16-7-4-3-5-8-16/h3-5,7-8,11-14,21H,6,9-10,15H2,1-2H3,(H2,27,28,29,32). The smallest absolute Gasteiger partial charge is 0.257 e. The third-order valence-corrected chi connectivity index (χ3v) is 7.14. The molecule has 1 aliphatic heterocycles. The summed E-state index contributed by atoms with van der Waals surface area (Å²) in [5.41, 5.74) is 5.10. The number of carbonyl (C=O) groups excluding carboxylic acids is 1. The molecule has 3 aromatic rings. The van der Waals surface area contributed by atoms with E-state index in [0.717, 1.165) is 35.4 Å². The van der Waals surface area contributed by atoms with Gasteiger partial charge in [-0.2, -0.15) is 0 Å². The summed E-state index contributed by atoms with van der Waals surface area (Å²) in [6.07, 6.45) is 2.11. The van der Waals surface area contributed by atoms with Gasteiger partial charge in [0.15, 0.2) is 10.9 Å². The molecule has 0 radical (unpaired) electrons. The number of carbonyl (C=O) groups is 1. The van der Waals surface area contributed by atoms with Crippen LogP contribution in [0, 0.1) is 0 Å². The van der Waals surface area contributed by atoms with Crippen LogP contribution in [0.4, 0.5) is 11.5 Å². The highest BCUT2D eigenvalue weighted by atomic mass is 32.2. The fraction of sp³-hybridized carbons (Fsp3) is 0.269. The van der Waals surface area contributed by atoms with Gasteiger partial charge < -0.3 is 15.2 Å². The van der Waals surface area contributed by atoms with Crippen LogP contribution >= 0.6 is 11.8 Å². The van der Waals surface area contributed by atoms with Crippen molar-refractivity contribution in [2.24, 2.45) is 0 Å². The third kappa shape index (κ3) is 4.20. The van der Waals surface area contributed by atoms with Crippen LogP contribution in [-0.2, 0) is 10.5 Å². The second kappa shape index (κ2) is 8.90. The summed E-state index contributed by atoms with van der Waals surface area (Å²) in [4.78, 5) is 36.1. The second-order valence-corrected chi connectivity index (χ2v) is 9.58. The average Bonchev–Trinajstić information content (AvgIpc) is 2.82. The van der Waals surface area contributed by atoms with Crippen LogP contribution in [0.5, 0.6) is 0 Å². The number of rotatable bonds is 5. The molecule has 1 aliphatic carbocycles. The van der Waals surface area contributed by atoms with Gasteiger partial charge in [-0.25, -0.2) is 4.98 Å². The van der Waals surface area contributed by atoms with Gasteiger partial charge in [0.05, 0.1) is 5.56 Å². The summed E-state index contributed by atoms with van der Waals surface area (Å²) in [7, 11) is 3.98. The topological polar surface area (TPSA) is 78.1 Å². The Morgan fingerprint density at radius 2 is 1.79 bits per heavy atom. The number of aromatic nitrogens is 2. The first kappa shape index (κ1) is 21.5. The van der Waals surface area contributed by atoms with Gasteiger partial charge in [0.25, 0.3) is 5.56 Å². The van der Waals surface area contributed by atoms with Crippen LogP contribution in [0.15, 0.2) is 75.8 Å². The molecule has 2 N–H and O–H groups in total. The first-order valence-corrected chi connectivity index (χ1v) is 12.1. The van der Waals surface area contributed by atoms with E-state index in [4.69, 9.17) is 4.98 Å². The van der Waals surface area contributed by atoms with Crippen molar-refractivity contribution in [2.75, 3.05) is 24.3 Å². The third-order valence-electron chi connectivity index (χ3n) is 6.20. The average molecular weight is 459 g/mol. The number of benzene rings is 2. The Hall–Kier alpha value is -3.32. The summed E-state index contributed by atoms with van der Waals surface area (Å²) < 4.78 is 0. The Labute approximate surface area is 197 Å². The quantitative estimate of drug-likeness (QED) is 0.427. The Morgan fingerprint density at radius 1 is 1.03 bits per heavy atom. The van der Waals surface area contributed by atoms with E-state index < -0.39 is 5.92 Å². The van der Waals surface area contributed by atoms with Gasteiger partial charge in [-0.15, -0.1) is 0 Å². The van der Waals surface area contributed by atoms with E-state index in [1.54, 1.807) is 0 Å². The molecule has 33 heavy (non-hydrogen) atoms. The number of thioether (sulfide) groups is 1. The van der Waals surface area contributed by atoms with Crippen molar-refractivity contribution < 1.29 is 4.79 Å². The van der Waals surface area contributed by atoms with Crippen LogP contribution in [0.2, 0.25) is 0 Å². The maximum Gasteiger partial charge on any atom is 0.257 e. The first-order chi connectivity index (χ1) is 16.0. The van der Waals surface area contributed by atoms with Gasteiger partial charge in [0.2, 0.25) is 0 Å². The van der Waals surface area contributed by atoms with Gasteiger partial charge in [-0.1, -0.05) is 54.2 Å². The molecule has 2 aliphatic rings. The summed E-state index contributed by atoms with van der Waals surface area (Å²) in [6, 6.07) is 18.2. The predicted molar refractivity (Wildman–Crippen MR) is 133 cm³/mol. The molecule has 1 aromatic heterocycles. The molecule has 1 unspecified atom stereocenters. The summed E-state index contributed by atoms with van der Waals surface area (Å²) in [6.45, 7) is 0. The Balaban J connectivity index is 1.56. The zero-order valence-electron chi connectivity index (χ0n) is 18.7. The van der Waals surface area contributed by atoms with E-state index >= 15 is 0 Å². The van der Waals surface area contributed by atoms with Gasteiger partial charge in [0.1, 0.15) is 5.82 Å². The molecule has 2 heterocycles. The molecular formula is C26H26N4O2S. The zero-order valence-corrected chi connectivity index (χ0v) is 19.5. The Morgan fingerprint density at radius 3 is 2.52 bits per heavy atom. The van der Waals surface area contributed by atoms with Crippen molar-refractivity contribution in [1.29, 1.82) is 0 Å². The maximum absolute atomic E-state index is 13.3. The molecule has 0 saturated carbocycles. The molecule has 0 fully saturated rings. The van der Waals surface area contributed by atoms with Gasteiger partial charge >= 0.3 is 0 Å². The fourth-order valence-corrected chi connectivity index (χ4v) is 5.35. The fourth-order valence-electron chi connectivity index (χ4n) is 4.53. The number of nitrogens with one attached hydrogen (secondary N) is 2. The van der Waals surface area contributed by atoms with E-state index in [-0.39, 0.29) is 11.3 Å². The number of aromatic amines is 1. The van der Waals surface area contributed by atoms with Gasteiger partial charge in [-0.3, -0.25) is 9.59 Å². The van der Waals surface area contributed by atoms with Crippen molar-refractivity contribution in [2.45, 2.75) is 36.1 Å². The SMILES string of the molecule is CN(C)c1ccc(C2C3=C(CCCC3=O)Nc3nc(SCc4ccccc4)[nH]c(=O)c32)cc1. The minimum Gasteiger partial charge on any atom is -0.378 e. The molecule has 1 atom stereocenters. The lowest BCUT2D eigenvalue weighted by Crippen LogP contribution is -2.32. The Bertz CT molecular complexity index is 1280. The highest BCUT2D eigenvalue weighted by Gasteiger charge is 2.37. The highest BCUT2D eigenvalue weighted by Crippen LogP contribution is 2.43. The van der Waals surface area contributed by atoms with Crippen LogP contribution in [-0.4, -0.2) is 29.8 Å². The summed E-state index contributed by atoms with van der Waals surface area (Å²) in [5.74, 6) is 0.969. The van der Waals surface area contributed by atoms with Gasteiger partial charge in [-0.05, 0) is 36.1 Å². The number of anilines is 2. The Kier molecular flexibility index (Phi) is 5.81. The van der Waals surface area contributed by atoms with E-state index in [0.29, 0.717) is 34.3 Å². The lowest BCUT2D eigenvalue weighted by atomic mass is 9.76. The summed E-state index contributed by atoms with van der Waals surface area (Å²) >= 11 is 1.50. The van der Waals surface area contributed by atoms with E-state index in [2.05, 4.69) is 22.4 Å².